The smallest absolute Gasteiger partial charge is 0.143 e. The molecule has 0 unspecified atom stereocenters. The van der Waals surface area contributed by atoms with Gasteiger partial charge in [0.15, 0.2) is 0 Å². The molecule has 0 saturated carbocycles. The molecule has 1 saturated heterocycles. The van der Waals surface area contributed by atoms with Crippen LogP contribution in [0.5, 0.6) is 0 Å². The number of aromatic nitrogens is 3. The van der Waals surface area contributed by atoms with Crippen LogP contribution in [0.4, 0.5) is 5.82 Å². The van der Waals surface area contributed by atoms with Crippen molar-refractivity contribution in [3.63, 3.8) is 0 Å². The molecule has 7 nitrogen and oxygen atoms in total. The van der Waals surface area contributed by atoms with Gasteiger partial charge in [-0.3, -0.25) is 4.90 Å². The fourth-order valence-corrected chi connectivity index (χ4v) is 3.10. The van der Waals surface area contributed by atoms with E-state index >= 15 is 0 Å². The molecule has 1 fully saturated rings. The maximum Gasteiger partial charge on any atom is 0.143 e. The third kappa shape index (κ3) is 4.19. The lowest BCUT2D eigenvalue weighted by atomic mass is 10.3. The third-order valence-corrected chi connectivity index (χ3v) is 4.39. The van der Waals surface area contributed by atoms with Crippen LogP contribution in [0.1, 0.15) is 12.1 Å². The SMILES string of the molecule is Cc1cc2c(NCCCN3CCN(CCO)CC3)ncnc2[nH]1. The van der Waals surface area contributed by atoms with Crippen molar-refractivity contribution in [2.75, 3.05) is 57.7 Å². The quantitative estimate of drug-likeness (QED) is 0.652. The van der Waals surface area contributed by atoms with Crippen molar-refractivity contribution < 1.29 is 5.11 Å². The molecule has 2 aromatic heterocycles. The zero-order chi connectivity index (χ0) is 16.1. The largest absolute Gasteiger partial charge is 0.395 e. The molecule has 3 rings (SSSR count). The number of H-pyrrole nitrogens is 1. The molecule has 0 radical (unpaired) electrons. The highest BCUT2D eigenvalue weighted by atomic mass is 16.3. The van der Waals surface area contributed by atoms with Crippen molar-refractivity contribution in [2.45, 2.75) is 13.3 Å². The summed E-state index contributed by atoms with van der Waals surface area (Å²) in [4.78, 5) is 16.6. The molecule has 0 atom stereocenters. The molecule has 3 N–H and O–H groups in total. The first kappa shape index (κ1) is 16.2. The van der Waals surface area contributed by atoms with E-state index in [-0.39, 0.29) is 6.61 Å². The third-order valence-electron chi connectivity index (χ3n) is 4.39. The molecule has 1 aliphatic heterocycles. The number of anilines is 1. The summed E-state index contributed by atoms with van der Waals surface area (Å²) in [6.07, 6.45) is 2.69. The molecule has 2 aromatic rings. The molecule has 7 heteroatoms. The van der Waals surface area contributed by atoms with Gasteiger partial charge in [0.25, 0.3) is 0 Å². The van der Waals surface area contributed by atoms with Crippen LogP contribution in [0.2, 0.25) is 0 Å². The van der Waals surface area contributed by atoms with E-state index in [0.717, 1.165) is 74.8 Å². The minimum atomic E-state index is 0.260. The molecular weight excluding hydrogens is 292 g/mol. The number of aliphatic hydroxyl groups is 1. The molecular formula is C16H26N6O. The Hall–Kier alpha value is -1.70. The van der Waals surface area contributed by atoms with Gasteiger partial charge in [-0.2, -0.15) is 0 Å². The number of rotatable bonds is 7. The molecule has 0 spiro atoms. The Balaban J connectivity index is 1.41. The van der Waals surface area contributed by atoms with Gasteiger partial charge in [-0.25, -0.2) is 9.97 Å². The Labute approximate surface area is 136 Å². The van der Waals surface area contributed by atoms with Crippen molar-refractivity contribution in [3.05, 3.63) is 18.1 Å². The van der Waals surface area contributed by atoms with Gasteiger partial charge in [-0.15, -0.1) is 0 Å². The molecule has 126 valence electrons. The van der Waals surface area contributed by atoms with Crippen molar-refractivity contribution in [2.24, 2.45) is 0 Å². The monoisotopic (exact) mass is 318 g/mol. The van der Waals surface area contributed by atoms with E-state index in [0.29, 0.717) is 0 Å². The second kappa shape index (κ2) is 7.72. The highest BCUT2D eigenvalue weighted by molar-refractivity contribution is 5.87. The second-order valence-electron chi connectivity index (χ2n) is 6.12. The maximum atomic E-state index is 8.97. The minimum absolute atomic E-state index is 0.260. The van der Waals surface area contributed by atoms with E-state index in [1.807, 2.05) is 6.92 Å². The summed E-state index contributed by atoms with van der Waals surface area (Å²) in [5, 5.41) is 13.5. The number of aliphatic hydroxyl groups excluding tert-OH is 1. The summed E-state index contributed by atoms with van der Waals surface area (Å²) in [6, 6.07) is 2.08. The number of β-amino-alcohol motifs (C(OH)–C–C–N with tert-alkyl or cyclic N) is 1. The van der Waals surface area contributed by atoms with Crippen LogP contribution in [0.25, 0.3) is 11.0 Å². The van der Waals surface area contributed by atoms with E-state index in [1.165, 1.54) is 0 Å². The number of nitrogens with zero attached hydrogens (tertiary/aromatic N) is 4. The predicted octanol–water partition coefficient (Wildman–Crippen LogP) is 0.678. The maximum absolute atomic E-state index is 8.97. The highest BCUT2D eigenvalue weighted by Crippen LogP contribution is 2.19. The summed E-state index contributed by atoms with van der Waals surface area (Å²) in [5.74, 6) is 0.909. The topological polar surface area (TPSA) is 80.3 Å². The van der Waals surface area contributed by atoms with Crippen molar-refractivity contribution >= 4 is 16.9 Å². The minimum Gasteiger partial charge on any atom is -0.395 e. The van der Waals surface area contributed by atoms with Crippen molar-refractivity contribution in [3.8, 4) is 0 Å². The molecule has 1 aliphatic rings. The number of aryl methyl sites for hydroxylation is 1. The Morgan fingerprint density at radius 3 is 2.65 bits per heavy atom. The lowest BCUT2D eigenvalue weighted by Gasteiger charge is -2.34. The van der Waals surface area contributed by atoms with Crippen LogP contribution in [-0.2, 0) is 0 Å². The Kier molecular flexibility index (Phi) is 5.43. The zero-order valence-electron chi connectivity index (χ0n) is 13.8. The van der Waals surface area contributed by atoms with Gasteiger partial charge in [0.05, 0.1) is 12.0 Å². The van der Waals surface area contributed by atoms with Crippen LogP contribution in [0.15, 0.2) is 12.4 Å². The van der Waals surface area contributed by atoms with Crippen LogP contribution in [-0.4, -0.2) is 82.3 Å². The van der Waals surface area contributed by atoms with Gasteiger partial charge in [0.2, 0.25) is 0 Å². The van der Waals surface area contributed by atoms with Crippen molar-refractivity contribution in [1.82, 2.24) is 24.8 Å². The average molecular weight is 318 g/mol. The number of piperazine rings is 1. The van der Waals surface area contributed by atoms with Gasteiger partial charge in [-0.05, 0) is 26.0 Å². The Morgan fingerprint density at radius 2 is 1.91 bits per heavy atom. The van der Waals surface area contributed by atoms with Gasteiger partial charge in [0.1, 0.15) is 17.8 Å². The molecule has 0 aliphatic carbocycles. The van der Waals surface area contributed by atoms with Gasteiger partial charge >= 0.3 is 0 Å². The normalized spacial score (nSPS) is 17.0. The summed E-state index contributed by atoms with van der Waals surface area (Å²) >= 11 is 0. The Morgan fingerprint density at radius 1 is 1.17 bits per heavy atom. The zero-order valence-corrected chi connectivity index (χ0v) is 13.8. The van der Waals surface area contributed by atoms with E-state index in [2.05, 4.69) is 36.1 Å². The van der Waals surface area contributed by atoms with Gasteiger partial charge in [-0.1, -0.05) is 0 Å². The average Bonchev–Trinajstić information content (AvgIpc) is 2.94. The van der Waals surface area contributed by atoms with E-state index < -0.39 is 0 Å². The van der Waals surface area contributed by atoms with E-state index in [1.54, 1.807) is 6.33 Å². The van der Waals surface area contributed by atoms with Crippen LogP contribution in [0, 0.1) is 6.92 Å². The number of hydrogen-bond acceptors (Lipinski definition) is 6. The standard InChI is InChI=1S/C16H26N6O/c1-13-11-14-15(18-12-19-16(14)20-13)17-3-2-4-21-5-7-22(8-6-21)9-10-23/h11-12,23H,2-10H2,1H3,(H2,17,18,19,20). The first-order chi connectivity index (χ1) is 11.3. The number of fused-ring (bicyclic) bond motifs is 1. The van der Waals surface area contributed by atoms with E-state index in [9.17, 15) is 0 Å². The summed E-state index contributed by atoms with van der Waals surface area (Å²) in [6.45, 7) is 9.40. The predicted molar refractivity (Wildman–Crippen MR) is 91.7 cm³/mol. The van der Waals surface area contributed by atoms with Crippen molar-refractivity contribution in [1.29, 1.82) is 0 Å². The van der Waals surface area contributed by atoms with Crippen LogP contribution < -0.4 is 5.32 Å². The highest BCUT2D eigenvalue weighted by Gasteiger charge is 2.15. The van der Waals surface area contributed by atoms with Crippen LogP contribution >= 0.6 is 0 Å². The summed E-state index contributed by atoms with van der Waals surface area (Å²) < 4.78 is 0. The molecule has 23 heavy (non-hydrogen) atoms. The van der Waals surface area contributed by atoms with Crippen LogP contribution in [0.3, 0.4) is 0 Å². The number of hydrogen-bond donors (Lipinski definition) is 3. The summed E-state index contributed by atoms with van der Waals surface area (Å²) in [7, 11) is 0. The molecule has 3 heterocycles. The summed E-state index contributed by atoms with van der Waals surface area (Å²) in [5.41, 5.74) is 1.99. The van der Waals surface area contributed by atoms with E-state index in [4.69, 9.17) is 5.11 Å². The number of aromatic amines is 1. The lowest BCUT2D eigenvalue weighted by Crippen LogP contribution is -2.47. The van der Waals surface area contributed by atoms with Gasteiger partial charge in [0, 0.05) is 45.0 Å². The first-order valence-electron chi connectivity index (χ1n) is 8.36. The fourth-order valence-electron chi connectivity index (χ4n) is 3.10. The number of nitrogens with one attached hydrogen (secondary N) is 2. The molecule has 0 bridgehead atoms. The molecule has 0 aromatic carbocycles. The first-order valence-corrected chi connectivity index (χ1v) is 8.36. The molecule has 0 amide bonds. The second-order valence-corrected chi connectivity index (χ2v) is 6.12. The van der Waals surface area contributed by atoms with Gasteiger partial charge < -0.3 is 20.3 Å². The Bertz CT molecular complexity index is 620. The lowest BCUT2D eigenvalue weighted by molar-refractivity contribution is 0.112. The fraction of sp³-hybridized carbons (Fsp3) is 0.625.